The molecule has 1 fully saturated rings. The van der Waals surface area contributed by atoms with E-state index in [1.54, 1.807) is 25.7 Å². The summed E-state index contributed by atoms with van der Waals surface area (Å²) in [6.45, 7) is 2.51. The Morgan fingerprint density at radius 3 is 2.90 bits per heavy atom. The molecule has 0 radical (unpaired) electrons. The van der Waals surface area contributed by atoms with Gasteiger partial charge in [0.1, 0.15) is 11.5 Å². The zero-order valence-electron chi connectivity index (χ0n) is 11.6. The van der Waals surface area contributed by atoms with E-state index in [1.165, 1.54) is 0 Å². The number of hydrogen-bond donors (Lipinski definition) is 2. The number of nitrogens with zero attached hydrogens (tertiary/aromatic N) is 2. The quantitative estimate of drug-likeness (QED) is 0.893. The van der Waals surface area contributed by atoms with E-state index >= 15 is 0 Å². The number of rotatable bonds is 3. The molecule has 3 heterocycles. The van der Waals surface area contributed by atoms with Crippen LogP contribution in [0.1, 0.15) is 34.3 Å². The molecule has 106 valence electrons. The summed E-state index contributed by atoms with van der Waals surface area (Å²) in [4.78, 5) is 24.9. The Labute approximate surface area is 117 Å². The Morgan fingerprint density at radius 2 is 2.30 bits per heavy atom. The highest BCUT2D eigenvalue weighted by molar-refractivity contribution is 5.94. The maximum Gasteiger partial charge on any atom is 0.271 e. The molecule has 1 amide bonds. The molecule has 0 spiro atoms. The second-order valence-electron chi connectivity index (χ2n) is 5.08. The van der Waals surface area contributed by atoms with E-state index < -0.39 is 0 Å². The zero-order valence-corrected chi connectivity index (χ0v) is 11.6. The number of imidazole rings is 1. The lowest BCUT2D eigenvalue weighted by Gasteiger charge is -2.22. The number of aryl methyl sites for hydroxylation is 1. The van der Waals surface area contributed by atoms with Gasteiger partial charge in [0.15, 0.2) is 0 Å². The fourth-order valence-corrected chi connectivity index (χ4v) is 2.73. The van der Waals surface area contributed by atoms with Crippen LogP contribution in [0.15, 0.2) is 24.7 Å². The number of H-pyrrole nitrogens is 2. The minimum absolute atomic E-state index is 0.00606. The largest absolute Gasteiger partial charge is 0.380 e. The molecule has 20 heavy (non-hydrogen) atoms. The summed E-state index contributed by atoms with van der Waals surface area (Å²) in [6, 6.07) is 1.84. The average molecular weight is 274 g/mol. The summed E-state index contributed by atoms with van der Waals surface area (Å²) >= 11 is 0. The van der Waals surface area contributed by atoms with Crippen molar-refractivity contribution in [2.45, 2.75) is 25.5 Å². The molecule has 0 aliphatic carbocycles. The number of hydrogen-bond acceptors (Lipinski definition) is 3. The third kappa shape index (κ3) is 2.12. The van der Waals surface area contributed by atoms with E-state index in [1.807, 2.05) is 17.9 Å². The van der Waals surface area contributed by atoms with Crippen LogP contribution < -0.4 is 0 Å². The molecule has 0 bridgehead atoms. The normalized spacial score (nSPS) is 22.4. The zero-order chi connectivity index (χ0) is 14.1. The number of carbonyl (C=O) groups is 1. The Bertz CT molecular complexity index is 590. The number of aromatic nitrogens is 3. The van der Waals surface area contributed by atoms with Gasteiger partial charge in [-0.25, -0.2) is 4.98 Å². The van der Waals surface area contributed by atoms with Gasteiger partial charge in [0.25, 0.3) is 5.91 Å². The van der Waals surface area contributed by atoms with Crippen molar-refractivity contribution in [1.82, 2.24) is 19.9 Å². The minimum atomic E-state index is -0.0647. The molecule has 1 aliphatic rings. The van der Waals surface area contributed by atoms with E-state index in [0.717, 1.165) is 17.8 Å². The first-order valence-corrected chi connectivity index (χ1v) is 6.67. The number of ether oxygens (including phenoxy) is 1. The number of amides is 1. The molecule has 2 aromatic rings. The van der Waals surface area contributed by atoms with Crippen LogP contribution in [0, 0.1) is 6.92 Å². The van der Waals surface area contributed by atoms with Crippen molar-refractivity contribution < 1.29 is 9.53 Å². The predicted octanol–water partition coefficient (Wildman–Crippen LogP) is 1.65. The first kappa shape index (κ1) is 12.9. The molecule has 3 rings (SSSR count). The van der Waals surface area contributed by atoms with Gasteiger partial charge in [-0.05, 0) is 18.6 Å². The highest BCUT2D eigenvalue weighted by atomic mass is 16.5. The molecule has 6 nitrogen and oxygen atoms in total. The van der Waals surface area contributed by atoms with E-state index in [9.17, 15) is 4.79 Å². The fourth-order valence-electron chi connectivity index (χ4n) is 2.73. The summed E-state index contributed by atoms with van der Waals surface area (Å²) in [5.41, 5.74) is 1.59. The molecule has 6 heteroatoms. The maximum absolute atomic E-state index is 12.7. The summed E-state index contributed by atoms with van der Waals surface area (Å²) in [5.74, 6) is 0.801. The van der Waals surface area contributed by atoms with Crippen molar-refractivity contribution in [2.75, 3.05) is 13.7 Å². The lowest BCUT2D eigenvalue weighted by Crippen LogP contribution is -2.33. The molecular weight excluding hydrogens is 256 g/mol. The summed E-state index contributed by atoms with van der Waals surface area (Å²) in [7, 11) is 1.68. The van der Waals surface area contributed by atoms with Crippen molar-refractivity contribution in [2.24, 2.45) is 0 Å². The summed E-state index contributed by atoms with van der Waals surface area (Å²) < 4.78 is 5.42. The first-order valence-electron chi connectivity index (χ1n) is 6.67. The van der Waals surface area contributed by atoms with Gasteiger partial charge in [-0.2, -0.15) is 0 Å². The van der Waals surface area contributed by atoms with Gasteiger partial charge < -0.3 is 19.6 Å². The number of aromatic amines is 2. The third-order valence-electron chi connectivity index (χ3n) is 3.86. The van der Waals surface area contributed by atoms with Crippen LogP contribution in [0.2, 0.25) is 0 Å². The van der Waals surface area contributed by atoms with Crippen molar-refractivity contribution in [1.29, 1.82) is 0 Å². The Hall–Kier alpha value is -2.08. The monoisotopic (exact) mass is 274 g/mol. The molecule has 2 N–H and O–H groups in total. The summed E-state index contributed by atoms with van der Waals surface area (Å²) in [6.07, 6.45) is 6.07. The third-order valence-corrected chi connectivity index (χ3v) is 3.86. The van der Waals surface area contributed by atoms with Crippen molar-refractivity contribution >= 4 is 5.91 Å². The van der Waals surface area contributed by atoms with Crippen LogP contribution >= 0.6 is 0 Å². The molecule has 2 atom stereocenters. The van der Waals surface area contributed by atoms with E-state index in [4.69, 9.17) is 4.74 Å². The van der Waals surface area contributed by atoms with Gasteiger partial charge in [0.2, 0.25) is 0 Å². The van der Waals surface area contributed by atoms with Crippen LogP contribution in [0.5, 0.6) is 0 Å². The lowest BCUT2D eigenvalue weighted by molar-refractivity contribution is 0.0679. The Balaban J connectivity index is 1.90. The molecule has 2 aromatic heterocycles. The predicted molar refractivity (Wildman–Crippen MR) is 73.3 cm³/mol. The molecule has 0 aromatic carbocycles. The Kier molecular flexibility index (Phi) is 3.31. The van der Waals surface area contributed by atoms with Gasteiger partial charge in [-0.15, -0.1) is 0 Å². The standard InChI is InChI=1S/C14H18N4O2/c1-9-3-4-15-12(9)14(19)18-8-10(20-2)7-11(18)13-16-5-6-17-13/h3-6,10-11,15H,7-8H2,1-2H3,(H,16,17)/t10-,11?/m1/s1. The van der Waals surface area contributed by atoms with E-state index in [-0.39, 0.29) is 18.1 Å². The minimum Gasteiger partial charge on any atom is -0.380 e. The maximum atomic E-state index is 12.7. The van der Waals surface area contributed by atoms with Crippen LogP contribution in [0.3, 0.4) is 0 Å². The van der Waals surface area contributed by atoms with Crippen molar-refractivity contribution in [3.05, 3.63) is 41.7 Å². The smallest absolute Gasteiger partial charge is 0.271 e. The van der Waals surface area contributed by atoms with Gasteiger partial charge >= 0.3 is 0 Å². The summed E-state index contributed by atoms with van der Waals surface area (Å²) in [5, 5.41) is 0. The highest BCUT2D eigenvalue weighted by Crippen LogP contribution is 2.32. The van der Waals surface area contributed by atoms with E-state index in [0.29, 0.717) is 12.2 Å². The van der Waals surface area contributed by atoms with Gasteiger partial charge in [0.05, 0.1) is 12.1 Å². The Morgan fingerprint density at radius 1 is 1.45 bits per heavy atom. The SMILES string of the molecule is CO[C@@H]1CC(c2ncc[nH]2)N(C(=O)c2[nH]ccc2C)C1. The lowest BCUT2D eigenvalue weighted by atomic mass is 10.1. The van der Waals surface area contributed by atoms with Crippen LogP contribution in [0.25, 0.3) is 0 Å². The molecule has 1 aliphatic heterocycles. The van der Waals surface area contributed by atoms with Crippen LogP contribution in [-0.4, -0.2) is 45.5 Å². The van der Waals surface area contributed by atoms with Crippen molar-refractivity contribution in [3.8, 4) is 0 Å². The second kappa shape index (κ2) is 5.13. The topological polar surface area (TPSA) is 74.0 Å². The first-order chi connectivity index (χ1) is 9.70. The molecule has 1 unspecified atom stereocenters. The van der Waals surface area contributed by atoms with E-state index in [2.05, 4.69) is 15.0 Å². The number of methoxy groups -OCH3 is 1. The molecule has 1 saturated heterocycles. The molecular formula is C14H18N4O2. The number of carbonyl (C=O) groups excluding carboxylic acids is 1. The van der Waals surface area contributed by atoms with Gasteiger partial charge in [-0.1, -0.05) is 0 Å². The average Bonchev–Trinajstić information content (AvgIpc) is 3.17. The second-order valence-corrected chi connectivity index (χ2v) is 5.08. The number of likely N-dealkylation sites (tertiary alicyclic amines) is 1. The van der Waals surface area contributed by atoms with Crippen molar-refractivity contribution in [3.63, 3.8) is 0 Å². The fraction of sp³-hybridized carbons (Fsp3) is 0.429. The van der Waals surface area contributed by atoms with Crippen LogP contribution in [0.4, 0.5) is 0 Å². The highest BCUT2D eigenvalue weighted by Gasteiger charge is 2.38. The molecule has 0 saturated carbocycles. The number of nitrogens with one attached hydrogen (secondary N) is 2. The van der Waals surface area contributed by atoms with Gasteiger partial charge in [-0.3, -0.25) is 4.79 Å². The van der Waals surface area contributed by atoms with Gasteiger partial charge in [0, 0.05) is 38.7 Å². The van der Waals surface area contributed by atoms with Crippen LogP contribution in [-0.2, 0) is 4.74 Å².